The summed E-state index contributed by atoms with van der Waals surface area (Å²) in [6, 6.07) is 21.4. The minimum Gasteiger partial charge on any atom is -0.465 e. The Labute approximate surface area is 254 Å². The van der Waals surface area contributed by atoms with Crippen LogP contribution >= 0.6 is 23.4 Å². The summed E-state index contributed by atoms with van der Waals surface area (Å²) >= 11 is 6.86. The van der Waals surface area contributed by atoms with Gasteiger partial charge in [0.2, 0.25) is 5.91 Å². The molecule has 4 rings (SSSR count). The summed E-state index contributed by atoms with van der Waals surface area (Å²) in [7, 11) is 0. The number of thioether (sulfide) groups is 1. The molecule has 0 radical (unpaired) electrons. The summed E-state index contributed by atoms with van der Waals surface area (Å²) in [4.78, 5) is 39.6. The second-order valence-corrected chi connectivity index (χ2v) is 10.8. The smallest absolute Gasteiger partial charge is 0.418 e. The molecule has 1 heterocycles. The maximum absolute atomic E-state index is 13.5. The van der Waals surface area contributed by atoms with Gasteiger partial charge in [0.05, 0.1) is 22.8 Å². The lowest BCUT2D eigenvalue weighted by molar-refractivity contribution is -0.137. The van der Waals surface area contributed by atoms with E-state index in [0.29, 0.717) is 28.3 Å². The van der Waals surface area contributed by atoms with E-state index in [-0.39, 0.29) is 10.7 Å². The van der Waals surface area contributed by atoms with Gasteiger partial charge in [-0.3, -0.25) is 14.4 Å². The van der Waals surface area contributed by atoms with E-state index in [1.807, 2.05) is 0 Å². The number of amides is 3. The minimum atomic E-state index is -4.71. The topological polar surface area (TPSA) is 100 Å². The quantitative estimate of drug-likeness (QED) is 0.123. The van der Waals surface area contributed by atoms with E-state index in [2.05, 4.69) is 16.0 Å². The third-order valence-electron chi connectivity index (χ3n) is 5.94. The number of carbonyl (C=O) groups excluding carboxylic acids is 3. The second kappa shape index (κ2) is 14.1. The molecule has 3 aromatic carbocycles. The van der Waals surface area contributed by atoms with Crippen molar-refractivity contribution in [2.24, 2.45) is 0 Å². The van der Waals surface area contributed by atoms with Crippen LogP contribution in [0.3, 0.4) is 0 Å². The van der Waals surface area contributed by atoms with Gasteiger partial charge in [0.25, 0.3) is 11.8 Å². The molecule has 0 saturated heterocycles. The summed E-state index contributed by atoms with van der Waals surface area (Å²) in [6.07, 6.45) is -1.58. The van der Waals surface area contributed by atoms with E-state index < -0.39 is 40.4 Å². The van der Waals surface area contributed by atoms with Crippen molar-refractivity contribution in [3.63, 3.8) is 0 Å². The third kappa shape index (κ3) is 8.76. The van der Waals surface area contributed by atoms with Crippen LogP contribution in [0.25, 0.3) is 6.08 Å². The first-order valence-corrected chi connectivity index (χ1v) is 14.2. The zero-order chi connectivity index (χ0) is 31.0. The molecule has 1 unspecified atom stereocenters. The Bertz CT molecular complexity index is 1630. The number of rotatable bonds is 10. The van der Waals surface area contributed by atoms with Crippen LogP contribution < -0.4 is 16.0 Å². The Morgan fingerprint density at radius 2 is 1.72 bits per heavy atom. The minimum absolute atomic E-state index is 0.0731. The van der Waals surface area contributed by atoms with Crippen LogP contribution in [0.4, 0.5) is 24.5 Å². The summed E-state index contributed by atoms with van der Waals surface area (Å²) in [5.41, 5.74) is -0.798. The number of hydrogen-bond donors (Lipinski definition) is 3. The molecule has 7 nitrogen and oxygen atoms in total. The van der Waals surface area contributed by atoms with Gasteiger partial charge in [-0.05, 0) is 67.1 Å². The van der Waals surface area contributed by atoms with Crippen molar-refractivity contribution >= 4 is 58.5 Å². The average Bonchev–Trinajstić information content (AvgIpc) is 3.49. The highest BCUT2D eigenvalue weighted by atomic mass is 35.5. The number of nitrogens with one attached hydrogen (secondary N) is 3. The first kappa shape index (κ1) is 31.5. The lowest BCUT2D eigenvalue weighted by Gasteiger charge is -2.18. The Morgan fingerprint density at radius 1 is 0.953 bits per heavy atom. The highest BCUT2D eigenvalue weighted by molar-refractivity contribution is 8.00. The van der Waals surface area contributed by atoms with Gasteiger partial charge in [0.15, 0.2) is 0 Å². The van der Waals surface area contributed by atoms with Crippen molar-refractivity contribution < 1.29 is 32.0 Å². The fourth-order valence-corrected chi connectivity index (χ4v) is 5.05. The fraction of sp³-hybridized carbons (Fsp3) is 0.129. The van der Waals surface area contributed by atoms with Crippen molar-refractivity contribution in [2.75, 3.05) is 10.6 Å². The molecule has 222 valence electrons. The Balaban J connectivity index is 1.48. The predicted octanol–water partition coefficient (Wildman–Crippen LogP) is 7.87. The highest BCUT2D eigenvalue weighted by Crippen LogP contribution is 2.37. The lowest BCUT2D eigenvalue weighted by Crippen LogP contribution is -2.30. The predicted molar refractivity (Wildman–Crippen MR) is 161 cm³/mol. The van der Waals surface area contributed by atoms with Gasteiger partial charge in [-0.2, -0.15) is 13.2 Å². The molecule has 0 fully saturated rings. The number of halogens is 4. The normalized spacial score (nSPS) is 12.3. The maximum Gasteiger partial charge on any atom is 0.418 e. The number of anilines is 2. The van der Waals surface area contributed by atoms with E-state index in [4.69, 9.17) is 16.0 Å². The van der Waals surface area contributed by atoms with E-state index >= 15 is 0 Å². The summed E-state index contributed by atoms with van der Waals surface area (Å²) in [5.74, 6) is -1.41. The van der Waals surface area contributed by atoms with Gasteiger partial charge in [-0.25, -0.2) is 0 Å². The number of alkyl halides is 3. The Kier molecular flexibility index (Phi) is 10.3. The van der Waals surface area contributed by atoms with Gasteiger partial charge < -0.3 is 20.4 Å². The van der Waals surface area contributed by atoms with Crippen molar-refractivity contribution in [3.8, 4) is 0 Å². The van der Waals surface area contributed by atoms with Crippen molar-refractivity contribution in [1.29, 1.82) is 0 Å². The molecule has 12 heteroatoms. The highest BCUT2D eigenvalue weighted by Gasteiger charge is 2.34. The molecule has 0 bridgehead atoms. The van der Waals surface area contributed by atoms with E-state index in [1.165, 1.54) is 18.4 Å². The summed E-state index contributed by atoms with van der Waals surface area (Å²) in [6.45, 7) is 1.73. The van der Waals surface area contributed by atoms with Crippen molar-refractivity contribution in [1.82, 2.24) is 5.32 Å². The fourth-order valence-electron chi connectivity index (χ4n) is 3.86. The molecule has 0 spiro atoms. The van der Waals surface area contributed by atoms with E-state index in [9.17, 15) is 27.6 Å². The van der Waals surface area contributed by atoms with Crippen LogP contribution in [0.5, 0.6) is 0 Å². The van der Waals surface area contributed by atoms with E-state index in [1.54, 1.807) is 73.7 Å². The molecule has 1 aromatic heterocycles. The number of carbonyl (C=O) groups is 3. The van der Waals surface area contributed by atoms with Crippen LogP contribution in [-0.2, 0) is 15.8 Å². The largest absolute Gasteiger partial charge is 0.465 e. The van der Waals surface area contributed by atoms with Crippen LogP contribution in [0, 0.1) is 0 Å². The van der Waals surface area contributed by atoms with Gasteiger partial charge in [-0.1, -0.05) is 42.8 Å². The van der Waals surface area contributed by atoms with Gasteiger partial charge in [0, 0.05) is 27.2 Å². The van der Waals surface area contributed by atoms with Crippen LogP contribution in [0.2, 0.25) is 5.02 Å². The number of hydrogen-bond acceptors (Lipinski definition) is 5. The molecule has 0 aliphatic rings. The van der Waals surface area contributed by atoms with Crippen LogP contribution in [0.15, 0.2) is 106 Å². The molecular weight excluding hydrogens is 603 g/mol. The summed E-state index contributed by atoms with van der Waals surface area (Å²) in [5, 5.41) is 6.85. The second-order valence-electron chi connectivity index (χ2n) is 9.07. The van der Waals surface area contributed by atoms with Gasteiger partial charge >= 0.3 is 6.18 Å². The molecule has 4 aromatic rings. The molecule has 3 amide bonds. The number of benzene rings is 3. The number of furan rings is 1. The van der Waals surface area contributed by atoms with E-state index in [0.717, 1.165) is 23.9 Å². The Hall–Kier alpha value is -4.48. The zero-order valence-electron chi connectivity index (χ0n) is 22.6. The first-order valence-electron chi connectivity index (χ1n) is 12.9. The molecule has 0 aliphatic heterocycles. The molecule has 0 saturated carbocycles. The van der Waals surface area contributed by atoms with Gasteiger partial charge in [-0.15, -0.1) is 11.8 Å². The third-order valence-corrected chi connectivity index (χ3v) is 7.53. The molecule has 1 atom stereocenters. The van der Waals surface area contributed by atoms with Crippen molar-refractivity contribution in [2.45, 2.75) is 29.7 Å². The van der Waals surface area contributed by atoms with Crippen molar-refractivity contribution in [3.05, 3.63) is 119 Å². The Morgan fingerprint density at radius 3 is 2.40 bits per heavy atom. The zero-order valence-corrected chi connectivity index (χ0v) is 24.1. The standard InChI is InChI=1S/C31H25ClF3N3O4S/c1-2-27(30(41)37-25-14-13-20(32)16-24(25)31(33,34)35)43-23-12-6-10-21(17-23)36-29(40)26(18-22-11-7-15-42-22)38-28(39)19-8-4-3-5-9-19/h3-18,27H,2H2,1H3,(H,36,40)(H,37,41)(H,38,39)/b26-18-. The summed E-state index contributed by atoms with van der Waals surface area (Å²) < 4.78 is 45.8. The first-order chi connectivity index (χ1) is 20.5. The maximum atomic E-state index is 13.5. The van der Waals surface area contributed by atoms with Crippen LogP contribution in [0.1, 0.15) is 35.0 Å². The molecule has 43 heavy (non-hydrogen) atoms. The van der Waals surface area contributed by atoms with Gasteiger partial charge in [0.1, 0.15) is 11.5 Å². The average molecular weight is 628 g/mol. The van der Waals surface area contributed by atoms with Crippen LogP contribution in [-0.4, -0.2) is 23.0 Å². The molecule has 0 aliphatic carbocycles. The SMILES string of the molecule is CCC(Sc1cccc(NC(=O)/C(=C/c2ccco2)NC(=O)c2ccccc2)c1)C(=O)Nc1ccc(Cl)cc1C(F)(F)F. The monoisotopic (exact) mass is 627 g/mol. The molecular formula is C31H25ClF3N3O4S. The lowest BCUT2D eigenvalue weighted by atomic mass is 10.1. The molecule has 3 N–H and O–H groups in total.